The predicted octanol–water partition coefficient (Wildman–Crippen LogP) is 5.13. The van der Waals surface area contributed by atoms with Crippen molar-refractivity contribution in [1.82, 2.24) is 0 Å². The summed E-state index contributed by atoms with van der Waals surface area (Å²) in [5.41, 5.74) is 1.88. The highest BCUT2D eigenvalue weighted by Crippen LogP contribution is 2.32. The van der Waals surface area contributed by atoms with Crippen molar-refractivity contribution in [2.45, 2.75) is 11.8 Å². The molecule has 0 aromatic heterocycles. The van der Waals surface area contributed by atoms with E-state index in [4.69, 9.17) is 21.1 Å². The van der Waals surface area contributed by atoms with Crippen LogP contribution in [0.2, 0.25) is 0 Å². The van der Waals surface area contributed by atoms with E-state index in [1.807, 2.05) is 18.2 Å². The number of methoxy groups -OCH3 is 2. The average Bonchev–Trinajstić information content (AvgIpc) is 2.49. The molecular formula is C16H15BrClFO2. The summed E-state index contributed by atoms with van der Waals surface area (Å²) in [6.07, 6.45) is 0.611. The van der Waals surface area contributed by atoms with Gasteiger partial charge in [0, 0.05) is 0 Å². The molecule has 0 spiro atoms. The lowest BCUT2D eigenvalue weighted by atomic mass is 10.0. The molecule has 21 heavy (non-hydrogen) atoms. The quantitative estimate of drug-likeness (QED) is 0.677. The summed E-state index contributed by atoms with van der Waals surface area (Å²) in [5.74, 6) is 1.05. The van der Waals surface area contributed by atoms with Crippen molar-refractivity contribution in [3.8, 4) is 11.5 Å². The first-order valence-corrected chi connectivity index (χ1v) is 7.58. The van der Waals surface area contributed by atoms with E-state index >= 15 is 0 Å². The minimum Gasteiger partial charge on any atom is -0.493 e. The van der Waals surface area contributed by atoms with Crippen LogP contribution in [0.5, 0.6) is 11.5 Å². The fourth-order valence-electron chi connectivity index (χ4n) is 2.04. The molecule has 0 radical (unpaired) electrons. The van der Waals surface area contributed by atoms with Crippen molar-refractivity contribution in [2.75, 3.05) is 14.2 Å². The van der Waals surface area contributed by atoms with Crippen molar-refractivity contribution in [2.24, 2.45) is 0 Å². The van der Waals surface area contributed by atoms with E-state index in [-0.39, 0.29) is 11.2 Å². The molecule has 0 fully saturated rings. The zero-order valence-electron chi connectivity index (χ0n) is 11.7. The Bertz CT molecular complexity index is 634. The molecule has 2 aromatic carbocycles. The number of rotatable bonds is 5. The van der Waals surface area contributed by atoms with Crippen molar-refractivity contribution in [3.63, 3.8) is 0 Å². The molecule has 0 N–H and O–H groups in total. The van der Waals surface area contributed by atoms with Crippen LogP contribution in [0.3, 0.4) is 0 Å². The van der Waals surface area contributed by atoms with Gasteiger partial charge in [0.1, 0.15) is 5.82 Å². The van der Waals surface area contributed by atoms with E-state index in [2.05, 4.69) is 15.9 Å². The molecule has 0 aliphatic rings. The van der Waals surface area contributed by atoms with Gasteiger partial charge in [-0.15, -0.1) is 11.6 Å². The van der Waals surface area contributed by atoms with Crippen LogP contribution in [0.1, 0.15) is 16.5 Å². The van der Waals surface area contributed by atoms with Crippen LogP contribution in [-0.4, -0.2) is 14.2 Å². The number of hydrogen-bond acceptors (Lipinski definition) is 2. The number of benzene rings is 2. The second kappa shape index (κ2) is 7.14. The Balaban J connectivity index is 2.18. The first-order valence-electron chi connectivity index (χ1n) is 6.35. The van der Waals surface area contributed by atoms with Gasteiger partial charge in [-0.1, -0.05) is 12.1 Å². The highest BCUT2D eigenvalue weighted by molar-refractivity contribution is 9.10. The molecule has 112 valence electrons. The van der Waals surface area contributed by atoms with Crippen LogP contribution in [-0.2, 0) is 6.42 Å². The van der Waals surface area contributed by atoms with Gasteiger partial charge in [0.25, 0.3) is 0 Å². The smallest absolute Gasteiger partial charge is 0.160 e. The van der Waals surface area contributed by atoms with Crippen LogP contribution >= 0.6 is 27.5 Å². The summed E-state index contributed by atoms with van der Waals surface area (Å²) in [4.78, 5) is 0. The van der Waals surface area contributed by atoms with E-state index in [0.717, 1.165) is 11.1 Å². The fraction of sp³-hybridized carbons (Fsp3) is 0.250. The zero-order chi connectivity index (χ0) is 15.4. The standard InChI is InChI=1S/C16H15BrClFO2/c1-20-15-6-3-10(8-16(15)21-2)7-13(18)11-4-5-14(19)12(17)9-11/h3-6,8-9,13H,7H2,1-2H3. The second-order valence-corrected chi connectivity index (χ2v) is 5.92. The molecule has 0 aliphatic carbocycles. The molecule has 0 bridgehead atoms. The lowest BCUT2D eigenvalue weighted by Crippen LogP contribution is -1.98. The lowest BCUT2D eigenvalue weighted by molar-refractivity contribution is 0.354. The Hall–Kier alpha value is -1.26. The summed E-state index contributed by atoms with van der Waals surface area (Å²) in [7, 11) is 3.19. The monoisotopic (exact) mass is 372 g/mol. The lowest BCUT2D eigenvalue weighted by Gasteiger charge is -2.13. The Morgan fingerprint density at radius 3 is 2.43 bits per heavy atom. The molecule has 0 amide bonds. The van der Waals surface area contributed by atoms with Gasteiger partial charge in [0.15, 0.2) is 11.5 Å². The molecule has 5 heteroatoms. The minimum absolute atomic E-state index is 0.250. The van der Waals surface area contributed by atoms with E-state index in [1.165, 1.54) is 6.07 Å². The van der Waals surface area contributed by atoms with Crippen LogP contribution in [0.15, 0.2) is 40.9 Å². The number of ether oxygens (including phenoxy) is 2. The fourth-order valence-corrected chi connectivity index (χ4v) is 2.75. The topological polar surface area (TPSA) is 18.5 Å². The van der Waals surface area contributed by atoms with Crippen LogP contribution < -0.4 is 9.47 Å². The summed E-state index contributed by atoms with van der Waals surface area (Å²) in [5, 5.41) is -0.250. The Labute approximate surface area is 137 Å². The average molecular weight is 374 g/mol. The molecule has 2 aromatic rings. The third kappa shape index (κ3) is 3.89. The van der Waals surface area contributed by atoms with Crippen LogP contribution in [0, 0.1) is 5.82 Å². The third-order valence-electron chi connectivity index (χ3n) is 3.17. The third-order valence-corrected chi connectivity index (χ3v) is 4.18. The largest absolute Gasteiger partial charge is 0.493 e. The van der Waals surface area contributed by atoms with E-state index in [0.29, 0.717) is 22.4 Å². The summed E-state index contributed by atoms with van der Waals surface area (Å²) >= 11 is 9.59. The minimum atomic E-state index is -0.297. The molecule has 2 rings (SSSR count). The molecule has 0 saturated heterocycles. The summed E-state index contributed by atoms with van der Waals surface area (Å²) < 4.78 is 24.1. The molecular weight excluding hydrogens is 359 g/mol. The molecule has 0 saturated carbocycles. The maximum absolute atomic E-state index is 13.3. The van der Waals surface area contributed by atoms with Gasteiger partial charge in [-0.05, 0) is 57.7 Å². The molecule has 1 atom stereocenters. The van der Waals surface area contributed by atoms with Gasteiger partial charge in [-0.2, -0.15) is 0 Å². The van der Waals surface area contributed by atoms with Gasteiger partial charge in [0.05, 0.1) is 24.1 Å². The second-order valence-electron chi connectivity index (χ2n) is 4.53. The molecule has 0 aliphatic heterocycles. The van der Waals surface area contributed by atoms with E-state index in [1.54, 1.807) is 26.4 Å². The van der Waals surface area contributed by atoms with Crippen LogP contribution in [0.25, 0.3) is 0 Å². The van der Waals surface area contributed by atoms with Crippen molar-refractivity contribution in [1.29, 1.82) is 0 Å². The maximum Gasteiger partial charge on any atom is 0.160 e. The molecule has 1 unspecified atom stereocenters. The Kier molecular flexibility index (Phi) is 5.48. The highest BCUT2D eigenvalue weighted by Gasteiger charge is 2.13. The summed E-state index contributed by atoms with van der Waals surface area (Å²) in [6.45, 7) is 0. The summed E-state index contributed by atoms with van der Waals surface area (Å²) in [6, 6.07) is 10.5. The van der Waals surface area contributed by atoms with E-state index < -0.39 is 0 Å². The number of halogens is 3. The van der Waals surface area contributed by atoms with Gasteiger partial charge < -0.3 is 9.47 Å². The highest BCUT2D eigenvalue weighted by atomic mass is 79.9. The van der Waals surface area contributed by atoms with Gasteiger partial charge in [0.2, 0.25) is 0 Å². The Morgan fingerprint density at radius 2 is 1.81 bits per heavy atom. The maximum atomic E-state index is 13.3. The molecule has 2 nitrogen and oxygen atoms in total. The zero-order valence-corrected chi connectivity index (χ0v) is 14.0. The SMILES string of the molecule is COc1ccc(CC(Cl)c2ccc(F)c(Br)c2)cc1OC. The predicted molar refractivity (Wildman–Crippen MR) is 85.9 cm³/mol. The van der Waals surface area contributed by atoms with Crippen molar-refractivity contribution >= 4 is 27.5 Å². The Morgan fingerprint density at radius 1 is 1.10 bits per heavy atom. The van der Waals surface area contributed by atoms with Crippen LogP contribution in [0.4, 0.5) is 4.39 Å². The van der Waals surface area contributed by atoms with Gasteiger partial charge in [-0.25, -0.2) is 4.39 Å². The van der Waals surface area contributed by atoms with E-state index in [9.17, 15) is 4.39 Å². The normalized spacial score (nSPS) is 12.0. The molecule has 0 heterocycles. The van der Waals surface area contributed by atoms with Gasteiger partial charge in [-0.3, -0.25) is 0 Å². The van der Waals surface area contributed by atoms with Crippen molar-refractivity contribution in [3.05, 3.63) is 57.8 Å². The first-order chi connectivity index (χ1) is 10.0. The van der Waals surface area contributed by atoms with Crippen molar-refractivity contribution < 1.29 is 13.9 Å². The number of alkyl halides is 1. The first kappa shape index (κ1) is 16.1. The number of hydrogen-bond donors (Lipinski definition) is 0. The van der Waals surface area contributed by atoms with Gasteiger partial charge >= 0.3 is 0 Å².